The molecular formula is C31H42N4. The molecule has 3 rings (SSSR count). The van der Waals surface area contributed by atoms with E-state index in [-0.39, 0.29) is 0 Å². The summed E-state index contributed by atoms with van der Waals surface area (Å²) in [6.45, 7) is 21.3. The molecule has 4 nitrogen and oxygen atoms in total. The van der Waals surface area contributed by atoms with E-state index in [9.17, 15) is 0 Å². The maximum absolute atomic E-state index is 4.97. The van der Waals surface area contributed by atoms with Crippen LogP contribution in [0, 0.1) is 5.92 Å². The van der Waals surface area contributed by atoms with E-state index in [1.807, 2.05) is 18.0 Å². The summed E-state index contributed by atoms with van der Waals surface area (Å²) < 4.78 is 0. The minimum absolute atomic E-state index is 0.664. The van der Waals surface area contributed by atoms with Crippen LogP contribution >= 0.6 is 0 Å². The fourth-order valence-electron chi connectivity index (χ4n) is 4.10. The number of unbranched alkanes of at least 4 members (excludes halogenated alkanes) is 2. The van der Waals surface area contributed by atoms with Crippen LogP contribution in [0.25, 0.3) is 0 Å². The molecule has 0 aromatic heterocycles. The quantitative estimate of drug-likeness (QED) is 0.203. The van der Waals surface area contributed by atoms with Crippen molar-refractivity contribution in [1.82, 2.24) is 10.2 Å². The van der Waals surface area contributed by atoms with E-state index >= 15 is 0 Å². The van der Waals surface area contributed by atoms with Crippen molar-refractivity contribution in [3.8, 4) is 0 Å². The fraction of sp³-hybridized carbons (Fsp3) is 0.419. The molecule has 3 aliphatic rings. The predicted octanol–water partition coefficient (Wildman–Crippen LogP) is 7.56. The molecule has 0 amide bonds. The van der Waals surface area contributed by atoms with Crippen LogP contribution in [0.5, 0.6) is 0 Å². The van der Waals surface area contributed by atoms with Gasteiger partial charge in [0.1, 0.15) is 0 Å². The normalized spacial score (nSPS) is 20.1. The van der Waals surface area contributed by atoms with Crippen LogP contribution in [-0.2, 0) is 0 Å². The van der Waals surface area contributed by atoms with Crippen LogP contribution in [0.15, 0.2) is 105 Å². The van der Waals surface area contributed by atoms with Gasteiger partial charge in [0.15, 0.2) is 5.84 Å². The molecular weight excluding hydrogens is 428 g/mol. The van der Waals surface area contributed by atoms with E-state index in [1.54, 1.807) is 0 Å². The lowest BCUT2D eigenvalue weighted by Crippen LogP contribution is -2.31. The van der Waals surface area contributed by atoms with Gasteiger partial charge in [-0.05, 0) is 94.2 Å². The van der Waals surface area contributed by atoms with Crippen molar-refractivity contribution >= 4 is 12.1 Å². The van der Waals surface area contributed by atoms with Crippen LogP contribution in [0.4, 0.5) is 0 Å². The summed E-state index contributed by atoms with van der Waals surface area (Å²) in [6.07, 6.45) is 20.5. The third-order valence-electron chi connectivity index (χ3n) is 7.03. The van der Waals surface area contributed by atoms with Gasteiger partial charge in [-0.3, -0.25) is 9.89 Å². The second kappa shape index (κ2) is 12.6. The Morgan fingerprint density at radius 1 is 1.23 bits per heavy atom. The second-order valence-corrected chi connectivity index (χ2v) is 9.77. The van der Waals surface area contributed by atoms with Gasteiger partial charge in [-0.15, -0.1) is 0 Å². The SMILES string of the molecule is C=C(C)/C(C)=C/C(=C\CCC/C=C(/C)C(C)CC)C1=CC(=C)N2C=C(C3=CCNCC3)N=CC2=N1. The van der Waals surface area contributed by atoms with Crippen molar-refractivity contribution in [3.05, 3.63) is 94.7 Å². The van der Waals surface area contributed by atoms with Gasteiger partial charge in [0.05, 0.1) is 17.6 Å². The van der Waals surface area contributed by atoms with E-state index in [0.29, 0.717) is 5.92 Å². The number of aliphatic imine (C=N–C) groups is 2. The minimum atomic E-state index is 0.664. The lowest BCUT2D eigenvalue weighted by molar-refractivity contribution is 0.649. The molecule has 186 valence electrons. The van der Waals surface area contributed by atoms with Gasteiger partial charge in [0.2, 0.25) is 0 Å². The highest BCUT2D eigenvalue weighted by Crippen LogP contribution is 2.29. The number of hydrogen-bond donors (Lipinski definition) is 1. The zero-order chi connectivity index (χ0) is 25.4. The number of amidine groups is 1. The van der Waals surface area contributed by atoms with Gasteiger partial charge < -0.3 is 5.32 Å². The first-order valence-corrected chi connectivity index (χ1v) is 13.0. The molecule has 0 bridgehead atoms. The zero-order valence-corrected chi connectivity index (χ0v) is 22.3. The Morgan fingerprint density at radius 3 is 2.69 bits per heavy atom. The number of fused-ring (bicyclic) bond motifs is 1. The van der Waals surface area contributed by atoms with E-state index in [1.165, 1.54) is 17.6 Å². The number of rotatable bonds is 10. The second-order valence-electron chi connectivity index (χ2n) is 9.77. The van der Waals surface area contributed by atoms with E-state index < -0.39 is 0 Å². The molecule has 0 radical (unpaired) electrons. The van der Waals surface area contributed by atoms with Gasteiger partial charge in [-0.1, -0.05) is 56.4 Å². The van der Waals surface area contributed by atoms with Gasteiger partial charge in [0, 0.05) is 18.4 Å². The molecule has 0 aromatic rings. The molecule has 3 aliphatic heterocycles. The minimum Gasteiger partial charge on any atom is -0.313 e. The molecule has 1 N–H and O–H groups in total. The summed E-state index contributed by atoms with van der Waals surface area (Å²) in [5.74, 6) is 1.47. The summed E-state index contributed by atoms with van der Waals surface area (Å²) in [5, 5.41) is 3.36. The third-order valence-corrected chi connectivity index (χ3v) is 7.03. The Labute approximate surface area is 212 Å². The molecule has 3 heterocycles. The van der Waals surface area contributed by atoms with Crippen molar-refractivity contribution in [3.63, 3.8) is 0 Å². The van der Waals surface area contributed by atoms with E-state index in [2.05, 4.69) is 82.7 Å². The summed E-state index contributed by atoms with van der Waals surface area (Å²) in [5.41, 5.74) is 8.95. The van der Waals surface area contributed by atoms with Crippen LogP contribution in [0.2, 0.25) is 0 Å². The fourth-order valence-corrected chi connectivity index (χ4v) is 4.10. The standard InChI is InChI=1S/C31H42N4/c1-8-23(4)24(5)12-10-9-11-13-28(18-25(6)22(2)3)29-19-26(7)35-21-30(33-20-31(35)34-29)27-14-16-32-17-15-27/h12-14,18-21,23,32H,2,7-11,15-17H2,1,3-6H3/b24-12-,25-18+,28-13+. The monoisotopic (exact) mass is 470 g/mol. The Balaban J connectivity index is 1.79. The first kappa shape index (κ1) is 26.6. The first-order valence-electron chi connectivity index (χ1n) is 13.0. The number of nitrogens with one attached hydrogen (secondary N) is 1. The Kier molecular flexibility index (Phi) is 9.62. The molecule has 0 saturated carbocycles. The molecule has 0 spiro atoms. The zero-order valence-electron chi connectivity index (χ0n) is 22.3. The molecule has 1 atom stereocenters. The average Bonchev–Trinajstić information content (AvgIpc) is 2.87. The Bertz CT molecular complexity index is 1090. The maximum Gasteiger partial charge on any atom is 0.156 e. The van der Waals surface area contributed by atoms with Crippen LogP contribution in [-0.4, -0.2) is 30.0 Å². The molecule has 35 heavy (non-hydrogen) atoms. The largest absolute Gasteiger partial charge is 0.313 e. The number of allylic oxidation sites excluding steroid dienone is 8. The average molecular weight is 471 g/mol. The summed E-state index contributed by atoms with van der Waals surface area (Å²) in [7, 11) is 0. The van der Waals surface area contributed by atoms with Gasteiger partial charge in [-0.25, -0.2) is 4.99 Å². The Morgan fingerprint density at radius 2 is 2.00 bits per heavy atom. The van der Waals surface area contributed by atoms with Gasteiger partial charge in [-0.2, -0.15) is 0 Å². The third kappa shape index (κ3) is 7.25. The first-order chi connectivity index (χ1) is 16.8. The summed E-state index contributed by atoms with van der Waals surface area (Å²) in [4.78, 5) is 11.7. The summed E-state index contributed by atoms with van der Waals surface area (Å²) in [6, 6.07) is 0. The van der Waals surface area contributed by atoms with Crippen molar-refractivity contribution in [1.29, 1.82) is 0 Å². The van der Waals surface area contributed by atoms with Crippen LogP contribution in [0.1, 0.15) is 66.7 Å². The molecule has 0 aromatic carbocycles. The lowest BCUT2D eigenvalue weighted by Gasteiger charge is -2.29. The molecule has 0 saturated heterocycles. The predicted molar refractivity (Wildman–Crippen MR) is 152 cm³/mol. The highest BCUT2D eigenvalue weighted by Gasteiger charge is 2.22. The van der Waals surface area contributed by atoms with Crippen molar-refractivity contribution in [2.45, 2.75) is 66.7 Å². The smallest absolute Gasteiger partial charge is 0.156 e. The maximum atomic E-state index is 4.97. The highest BCUT2D eigenvalue weighted by atomic mass is 15.2. The van der Waals surface area contributed by atoms with Crippen LogP contribution in [0.3, 0.4) is 0 Å². The highest BCUT2D eigenvalue weighted by molar-refractivity contribution is 6.31. The molecule has 0 fully saturated rings. The summed E-state index contributed by atoms with van der Waals surface area (Å²) >= 11 is 0. The van der Waals surface area contributed by atoms with E-state index in [0.717, 1.165) is 78.4 Å². The molecule has 1 unspecified atom stereocenters. The number of hydrogen-bond acceptors (Lipinski definition) is 4. The van der Waals surface area contributed by atoms with Crippen molar-refractivity contribution in [2.24, 2.45) is 15.9 Å². The van der Waals surface area contributed by atoms with Crippen LogP contribution < -0.4 is 5.32 Å². The van der Waals surface area contributed by atoms with Gasteiger partial charge in [0.25, 0.3) is 0 Å². The van der Waals surface area contributed by atoms with Crippen molar-refractivity contribution < 1.29 is 0 Å². The Hall–Kier alpha value is -2.98. The molecule has 4 heteroatoms. The topological polar surface area (TPSA) is 40.0 Å². The van der Waals surface area contributed by atoms with E-state index in [4.69, 9.17) is 9.98 Å². The van der Waals surface area contributed by atoms with Gasteiger partial charge >= 0.3 is 0 Å². The number of nitrogens with zero attached hydrogens (tertiary/aromatic N) is 3. The lowest BCUT2D eigenvalue weighted by atomic mass is 9.98. The van der Waals surface area contributed by atoms with Crippen molar-refractivity contribution in [2.75, 3.05) is 13.1 Å². The molecule has 0 aliphatic carbocycles.